The maximum absolute atomic E-state index is 14.0. The minimum Gasteiger partial charge on any atom is -0.310 e. The predicted octanol–water partition coefficient (Wildman–Crippen LogP) is 4.08. The second-order valence-corrected chi connectivity index (χ2v) is 5.18. The molecule has 0 saturated carbocycles. The van der Waals surface area contributed by atoms with Crippen molar-refractivity contribution in [3.63, 3.8) is 0 Å². The van der Waals surface area contributed by atoms with Gasteiger partial charge < -0.3 is 5.32 Å². The fraction of sp³-hybridized carbons (Fsp3) is 0.312. The molecule has 2 aromatic rings. The Hall–Kier alpha value is -1.45. The number of hydrogen-bond donors (Lipinski definition) is 1. The Morgan fingerprint density at radius 3 is 2.70 bits per heavy atom. The molecule has 1 heterocycles. The Balaban J connectivity index is 2.29. The van der Waals surface area contributed by atoms with Crippen molar-refractivity contribution in [1.29, 1.82) is 0 Å². The molecule has 0 bridgehead atoms. The first-order chi connectivity index (χ1) is 9.61. The van der Waals surface area contributed by atoms with E-state index in [0.29, 0.717) is 17.0 Å². The number of halogens is 2. The van der Waals surface area contributed by atoms with Gasteiger partial charge in [0.25, 0.3) is 0 Å². The molecule has 2 nitrogen and oxygen atoms in total. The molecule has 1 atom stereocenters. The molecule has 1 aromatic carbocycles. The molecule has 1 N–H and O–H groups in total. The van der Waals surface area contributed by atoms with Gasteiger partial charge in [0.2, 0.25) is 0 Å². The van der Waals surface area contributed by atoms with Crippen molar-refractivity contribution in [2.75, 3.05) is 6.54 Å². The van der Waals surface area contributed by atoms with Gasteiger partial charge in [-0.05, 0) is 37.2 Å². The summed E-state index contributed by atoms with van der Waals surface area (Å²) in [5.74, 6) is -0.282. The number of benzene rings is 1. The third kappa shape index (κ3) is 3.56. The molecular formula is C16H18ClFN2. The normalized spacial score (nSPS) is 12.4. The Labute approximate surface area is 124 Å². The molecular weight excluding hydrogens is 275 g/mol. The largest absolute Gasteiger partial charge is 0.310 e. The zero-order chi connectivity index (χ0) is 14.5. The molecule has 0 spiro atoms. The molecule has 2 rings (SSSR count). The summed E-state index contributed by atoms with van der Waals surface area (Å²) in [5, 5.41) is 3.73. The van der Waals surface area contributed by atoms with Crippen molar-refractivity contribution in [3.8, 4) is 0 Å². The number of nitrogens with one attached hydrogen (secondary N) is 1. The summed E-state index contributed by atoms with van der Waals surface area (Å²) in [6.45, 7) is 4.72. The highest BCUT2D eigenvalue weighted by Gasteiger charge is 2.19. The number of rotatable bonds is 5. The second kappa shape index (κ2) is 6.82. The molecule has 0 amide bonds. The lowest BCUT2D eigenvalue weighted by molar-refractivity contribution is 0.506. The number of pyridine rings is 1. The fourth-order valence-corrected chi connectivity index (χ4v) is 2.49. The van der Waals surface area contributed by atoms with Crippen molar-refractivity contribution in [2.24, 2.45) is 0 Å². The van der Waals surface area contributed by atoms with Crippen molar-refractivity contribution in [2.45, 2.75) is 26.3 Å². The minimum atomic E-state index is -0.282. The van der Waals surface area contributed by atoms with E-state index in [-0.39, 0.29) is 11.9 Å². The Kier molecular flexibility index (Phi) is 5.10. The quantitative estimate of drug-likeness (QED) is 0.898. The van der Waals surface area contributed by atoms with Gasteiger partial charge in [-0.1, -0.05) is 30.7 Å². The highest BCUT2D eigenvalue weighted by molar-refractivity contribution is 6.31. The fourth-order valence-electron chi connectivity index (χ4n) is 2.19. The van der Waals surface area contributed by atoms with Gasteiger partial charge >= 0.3 is 0 Å². The van der Waals surface area contributed by atoms with Crippen molar-refractivity contribution in [3.05, 3.63) is 64.2 Å². The van der Waals surface area contributed by atoms with Crippen LogP contribution in [0, 0.1) is 12.7 Å². The highest BCUT2D eigenvalue weighted by atomic mass is 35.5. The summed E-state index contributed by atoms with van der Waals surface area (Å²) in [6.07, 6.45) is 2.43. The van der Waals surface area contributed by atoms with Gasteiger partial charge in [0, 0.05) is 34.9 Å². The first kappa shape index (κ1) is 14.9. The Morgan fingerprint density at radius 2 is 2.10 bits per heavy atom. The van der Waals surface area contributed by atoms with Gasteiger partial charge in [0.1, 0.15) is 5.82 Å². The minimum absolute atomic E-state index is 0.177. The van der Waals surface area contributed by atoms with Crippen LogP contribution in [0.3, 0.4) is 0 Å². The summed E-state index contributed by atoms with van der Waals surface area (Å²) >= 11 is 6.15. The molecule has 0 radical (unpaired) electrons. The lowest BCUT2D eigenvalue weighted by Gasteiger charge is -2.20. The molecule has 0 aliphatic rings. The molecule has 106 valence electrons. The van der Waals surface area contributed by atoms with E-state index in [2.05, 4.69) is 10.3 Å². The second-order valence-electron chi connectivity index (χ2n) is 4.78. The first-order valence-corrected chi connectivity index (χ1v) is 7.08. The van der Waals surface area contributed by atoms with Crippen LogP contribution in [-0.2, 0) is 6.42 Å². The van der Waals surface area contributed by atoms with Crippen LogP contribution in [0.2, 0.25) is 5.02 Å². The Morgan fingerprint density at radius 1 is 1.30 bits per heavy atom. The molecule has 0 aliphatic carbocycles. The standard InChI is InChI=1S/C16H18ClFN2/c1-3-19-15(9-12-8-7-11(2)10-20-12)16-13(17)5-4-6-14(16)18/h4-8,10,15,19H,3,9H2,1-2H3. The van der Waals surface area contributed by atoms with E-state index < -0.39 is 0 Å². The maximum Gasteiger partial charge on any atom is 0.129 e. The molecule has 1 aromatic heterocycles. The van der Waals surface area contributed by atoms with Crippen LogP contribution in [-0.4, -0.2) is 11.5 Å². The smallest absolute Gasteiger partial charge is 0.129 e. The lowest BCUT2D eigenvalue weighted by atomic mass is 10.0. The monoisotopic (exact) mass is 292 g/mol. The van der Waals surface area contributed by atoms with Crippen LogP contribution in [0.5, 0.6) is 0 Å². The van der Waals surface area contributed by atoms with Gasteiger partial charge in [0.15, 0.2) is 0 Å². The zero-order valence-corrected chi connectivity index (χ0v) is 12.4. The molecule has 0 aliphatic heterocycles. The first-order valence-electron chi connectivity index (χ1n) is 6.70. The van der Waals surface area contributed by atoms with Gasteiger partial charge in [0.05, 0.1) is 0 Å². The summed E-state index contributed by atoms with van der Waals surface area (Å²) in [5.41, 5.74) is 2.54. The molecule has 1 unspecified atom stereocenters. The highest BCUT2D eigenvalue weighted by Crippen LogP contribution is 2.28. The summed E-state index contributed by atoms with van der Waals surface area (Å²) in [6, 6.07) is 8.57. The SMILES string of the molecule is CCNC(Cc1ccc(C)cn1)c1c(F)cccc1Cl. The Bertz CT molecular complexity index is 549. The molecule has 0 fully saturated rings. The average Bonchev–Trinajstić information content (AvgIpc) is 2.41. The van der Waals surface area contributed by atoms with Crippen LogP contribution in [0.4, 0.5) is 4.39 Å². The maximum atomic E-state index is 14.0. The van der Waals surface area contributed by atoms with Crippen LogP contribution >= 0.6 is 11.6 Å². The number of hydrogen-bond acceptors (Lipinski definition) is 2. The van der Waals surface area contributed by atoms with E-state index in [9.17, 15) is 4.39 Å². The van der Waals surface area contributed by atoms with Crippen LogP contribution in [0.1, 0.15) is 29.8 Å². The van der Waals surface area contributed by atoms with Gasteiger partial charge in [-0.15, -0.1) is 0 Å². The van der Waals surface area contributed by atoms with E-state index in [4.69, 9.17) is 11.6 Å². The summed E-state index contributed by atoms with van der Waals surface area (Å²) in [7, 11) is 0. The number of nitrogens with zero attached hydrogens (tertiary/aromatic N) is 1. The van der Waals surface area contributed by atoms with E-state index in [1.807, 2.05) is 32.2 Å². The third-order valence-electron chi connectivity index (χ3n) is 3.18. The molecule has 0 saturated heterocycles. The lowest BCUT2D eigenvalue weighted by Crippen LogP contribution is -2.24. The number of likely N-dealkylation sites (N-methyl/N-ethyl adjacent to an activating group) is 1. The molecule has 4 heteroatoms. The summed E-state index contributed by atoms with van der Waals surface area (Å²) < 4.78 is 14.0. The van der Waals surface area contributed by atoms with Crippen molar-refractivity contribution >= 4 is 11.6 Å². The third-order valence-corrected chi connectivity index (χ3v) is 3.51. The topological polar surface area (TPSA) is 24.9 Å². The van der Waals surface area contributed by atoms with E-state index in [0.717, 1.165) is 17.8 Å². The van der Waals surface area contributed by atoms with Gasteiger partial charge in [-0.25, -0.2) is 4.39 Å². The van der Waals surface area contributed by atoms with Crippen molar-refractivity contribution < 1.29 is 4.39 Å². The average molecular weight is 293 g/mol. The summed E-state index contributed by atoms with van der Waals surface area (Å²) in [4.78, 5) is 4.38. The number of aryl methyl sites for hydroxylation is 1. The van der Waals surface area contributed by atoms with E-state index in [1.54, 1.807) is 12.1 Å². The predicted molar refractivity (Wildman–Crippen MR) is 80.5 cm³/mol. The van der Waals surface area contributed by atoms with Crippen LogP contribution in [0.15, 0.2) is 36.5 Å². The van der Waals surface area contributed by atoms with E-state index in [1.165, 1.54) is 6.07 Å². The zero-order valence-electron chi connectivity index (χ0n) is 11.7. The van der Waals surface area contributed by atoms with Gasteiger partial charge in [-0.3, -0.25) is 4.98 Å². The number of aromatic nitrogens is 1. The van der Waals surface area contributed by atoms with Crippen molar-refractivity contribution in [1.82, 2.24) is 10.3 Å². The van der Waals surface area contributed by atoms with E-state index >= 15 is 0 Å². The van der Waals surface area contributed by atoms with Crippen LogP contribution in [0.25, 0.3) is 0 Å². The van der Waals surface area contributed by atoms with Crippen LogP contribution < -0.4 is 5.32 Å². The van der Waals surface area contributed by atoms with Gasteiger partial charge in [-0.2, -0.15) is 0 Å². The molecule has 20 heavy (non-hydrogen) atoms.